The molecule has 0 spiro atoms. The summed E-state index contributed by atoms with van der Waals surface area (Å²) in [4.78, 5) is 36.5. The lowest BCUT2D eigenvalue weighted by Crippen LogP contribution is -2.05. The van der Waals surface area contributed by atoms with E-state index in [4.69, 9.17) is 4.74 Å². The van der Waals surface area contributed by atoms with E-state index in [2.05, 4.69) is 5.32 Å². The average Bonchev–Trinajstić information content (AvgIpc) is 2.89. The predicted octanol–water partition coefficient (Wildman–Crippen LogP) is 3.36. The molecule has 3 rings (SSSR count). The van der Waals surface area contributed by atoms with Gasteiger partial charge in [-0.25, -0.2) is 9.59 Å². The lowest BCUT2D eigenvalue weighted by molar-refractivity contribution is -0.149. The molecule has 0 aromatic heterocycles. The Bertz CT molecular complexity index is 883. The number of carbonyl (C=O) groups excluding carboxylic acids is 3. The first-order valence-electron chi connectivity index (χ1n) is 7.53. The molecule has 25 heavy (non-hydrogen) atoms. The summed E-state index contributed by atoms with van der Waals surface area (Å²) < 4.78 is 4.82. The van der Waals surface area contributed by atoms with Crippen LogP contribution in [0.5, 0.6) is 0 Å². The van der Waals surface area contributed by atoms with Crippen LogP contribution in [0.4, 0.5) is 5.69 Å². The number of hydrogen-bond donors (Lipinski definition) is 1. The fourth-order valence-electron chi connectivity index (χ4n) is 2.60. The fraction of sp³-hybridized carbons (Fsp3) is 0.105. The van der Waals surface area contributed by atoms with Crippen LogP contribution < -0.4 is 5.32 Å². The van der Waals surface area contributed by atoms with Crippen LogP contribution in [-0.2, 0) is 19.1 Å². The van der Waals surface area contributed by atoms with E-state index in [1.165, 1.54) is 6.92 Å². The Balaban J connectivity index is 2.05. The third-order valence-corrected chi connectivity index (χ3v) is 4.46. The minimum atomic E-state index is -0.666. The monoisotopic (exact) mass is 353 g/mol. The Kier molecular flexibility index (Phi) is 4.72. The third-order valence-electron chi connectivity index (χ3n) is 3.72. The van der Waals surface area contributed by atoms with Crippen molar-refractivity contribution in [2.45, 2.75) is 11.8 Å². The molecule has 1 heterocycles. The van der Waals surface area contributed by atoms with Crippen molar-refractivity contribution in [2.75, 3.05) is 11.6 Å². The van der Waals surface area contributed by atoms with Gasteiger partial charge in [-0.1, -0.05) is 24.3 Å². The molecule has 6 heteroatoms. The van der Waals surface area contributed by atoms with Crippen molar-refractivity contribution >= 4 is 46.4 Å². The molecular formula is C19H15NO4S. The number of cyclic esters (lactones) is 2. The van der Waals surface area contributed by atoms with E-state index in [-0.39, 0.29) is 17.1 Å². The summed E-state index contributed by atoms with van der Waals surface area (Å²) >= 11 is 1.59. The third kappa shape index (κ3) is 3.49. The van der Waals surface area contributed by atoms with E-state index < -0.39 is 11.9 Å². The van der Waals surface area contributed by atoms with Crippen LogP contribution in [0.25, 0.3) is 11.1 Å². The number of anilines is 1. The predicted molar refractivity (Wildman–Crippen MR) is 96.9 cm³/mol. The summed E-state index contributed by atoms with van der Waals surface area (Å²) in [6.45, 7) is 1.42. The van der Waals surface area contributed by atoms with Gasteiger partial charge in [0.2, 0.25) is 5.91 Å². The van der Waals surface area contributed by atoms with Crippen LogP contribution in [0.15, 0.2) is 53.4 Å². The molecule has 126 valence electrons. The zero-order valence-electron chi connectivity index (χ0n) is 13.7. The van der Waals surface area contributed by atoms with E-state index >= 15 is 0 Å². The molecule has 2 aromatic rings. The quantitative estimate of drug-likeness (QED) is 0.518. The van der Waals surface area contributed by atoms with Crippen molar-refractivity contribution in [3.05, 3.63) is 59.7 Å². The molecule has 0 radical (unpaired) electrons. The topological polar surface area (TPSA) is 72.5 Å². The molecule has 0 bridgehead atoms. The van der Waals surface area contributed by atoms with Gasteiger partial charge in [-0.3, -0.25) is 4.79 Å². The molecular weight excluding hydrogens is 338 g/mol. The van der Waals surface area contributed by atoms with Crippen LogP contribution in [-0.4, -0.2) is 24.1 Å². The fourth-order valence-corrected chi connectivity index (χ4v) is 3.00. The Morgan fingerprint density at radius 2 is 1.36 bits per heavy atom. The maximum atomic E-state index is 12.2. The molecule has 0 saturated carbocycles. The van der Waals surface area contributed by atoms with Gasteiger partial charge in [-0.2, -0.15) is 0 Å². The number of nitrogens with one attached hydrogen (secondary N) is 1. The highest BCUT2D eigenvalue weighted by Gasteiger charge is 2.34. The van der Waals surface area contributed by atoms with Gasteiger partial charge < -0.3 is 10.1 Å². The first-order chi connectivity index (χ1) is 12.0. The van der Waals surface area contributed by atoms with Crippen molar-refractivity contribution in [1.29, 1.82) is 0 Å². The van der Waals surface area contributed by atoms with Gasteiger partial charge in [0.05, 0.1) is 11.1 Å². The number of hydrogen-bond acceptors (Lipinski definition) is 5. The number of esters is 2. The van der Waals surface area contributed by atoms with Gasteiger partial charge >= 0.3 is 11.9 Å². The smallest absolute Gasteiger partial charge is 0.347 e. The van der Waals surface area contributed by atoms with Gasteiger partial charge in [0.1, 0.15) is 0 Å². The van der Waals surface area contributed by atoms with Gasteiger partial charge in [0, 0.05) is 17.5 Å². The summed E-state index contributed by atoms with van der Waals surface area (Å²) in [5.74, 6) is -1.50. The Hall–Kier alpha value is -2.86. The van der Waals surface area contributed by atoms with Crippen molar-refractivity contribution in [3.8, 4) is 0 Å². The molecule has 1 aliphatic rings. The van der Waals surface area contributed by atoms with Crippen LogP contribution in [0, 0.1) is 0 Å². The van der Waals surface area contributed by atoms with Crippen LogP contribution >= 0.6 is 11.8 Å². The van der Waals surface area contributed by atoms with Crippen LogP contribution in [0.3, 0.4) is 0 Å². The summed E-state index contributed by atoms with van der Waals surface area (Å²) in [6, 6.07) is 14.1. The van der Waals surface area contributed by atoms with Crippen molar-refractivity contribution in [1.82, 2.24) is 0 Å². The first kappa shape index (κ1) is 17.0. The minimum Gasteiger partial charge on any atom is -0.386 e. The molecule has 5 nitrogen and oxygen atoms in total. The maximum absolute atomic E-state index is 12.2. The highest BCUT2D eigenvalue weighted by molar-refractivity contribution is 7.98. The Morgan fingerprint density at radius 1 is 0.880 bits per heavy atom. The number of amides is 1. The summed E-state index contributed by atoms with van der Waals surface area (Å²) in [7, 11) is 0. The standard InChI is InChI=1S/C19H15NO4S/c1-11(21)20-14-7-3-12(4-8-14)16-17(19(23)24-18(16)22)13-5-9-15(25-2)10-6-13/h3-10H,1-2H3,(H,20,21). The largest absolute Gasteiger partial charge is 0.386 e. The minimum absolute atomic E-state index is 0.183. The van der Waals surface area contributed by atoms with Crippen LogP contribution in [0.2, 0.25) is 0 Å². The lowest BCUT2D eigenvalue weighted by atomic mass is 9.96. The number of rotatable bonds is 4. The lowest BCUT2D eigenvalue weighted by Gasteiger charge is -2.06. The highest BCUT2D eigenvalue weighted by atomic mass is 32.2. The summed E-state index contributed by atoms with van der Waals surface area (Å²) in [6.07, 6.45) is 1.96. The SMILES string of the molecule is CSc1ccc(C2=C(c3ccc(NC(C)=O)cc3)C(=O)OC2=O)cc1. The molecule has 1 amide bonds. The van der Waals surface area contributed by atoms with Crippen molar-refractivity contribution < 1.29 is 19.1 Å². The number of carbonyl (C=O) groups is 3. The zero-order chi connectivity index (χ0) is 18.0. The second kappa shape index (κ2) is 6.94. The first-order valence-corrected chi connectivity index (χ1v) is 8.75. The van der Waals surface area contributed by atoms with E-state index in [9.17, 15) is 14.4 Å². The second-order valence-electron chi connectivity index (χ2n) is 5.41. The summed E-state index contributed by atoms with van der Waals surface area (Å²) in [5.41, 5.74) is 2.30. The maximum Gasteiger partial charge on any atom is 0.347 e. The normalized spacial score (nSPS) is 13.8. The number of benzene rings is 2. The molecule has 0 saturated heterocycles. The van der Waals surface area contributed by atoms with Gasteiger partial charge in [-0.15, -0.1) is 11.8 Å². The Labute approximate surface area is 149 Å². The van der Waals surface area contributed by atoms with Gasteiger partial charge in [-0.05, 0) is 41.6 Å². The molecule has 0 atom stereocenters. The average molecular weight is 353 g/mol. The number of ether oxygens (including phenoxy) is 1. The zero-order valence-corrected chi connectivity index (χ0v) is 14.5. The van der Waals surface area contributed by atoms with Crippen LogP contribution in [0.1, 0.15) is 18.1 Å². The van der Waals surface area contributed by atoms with Gasteiger partial charge in [0.15, 0.2) is 0 Å². The molecule has 1 aliphatic heterocycles. The van der Waals surface area contributed by atoms with E-state index in [0.29, 0.717) is 16.8 Å². The molecule has 0 unspecified atom stereocenters. The molecule has 0 fully saturated rings. The molecule has 1 N–H and O–H groups in total. The van der Waals surface area contributed by atoms with E-state index in [0.717, 1.165) is 4.90 Å². The highest BCUT2D eigenvalue weighted by Crippen LogP contribution is 2.34. The molecule has 0 aliphatic carbocycles. The molecule has 2 aromatic carbocycles. The van der Waals surface area contributed by atoms with Crippen molar-refractivity contribution in [3.63, 3.8) is 0 Å². The summed E-state index contributed by atoms with van der Waals surface area (Å²) in [5, 5.41) is 2.66. The van der Waals surface area contributed by atoms with E-state index in [1.807, 2.05) is 18.4 Å². The second-order valence-corrected chi connectivity index (χ2v) is 6.29. The van der Waals surface area contributed by atoms with Gasteiger partial charge in [0.25, 0.3) is 0 Å². The van der Waals surface area contributed by atoms with Crippen molar-refractivity contribution in [2.24, 2.45) is 0 Å². The number of thioether (sulfide) groups is 1. The van der Waals surface area contributed by atoms with E-state index in [1.54, 1.807) is 48.2 Å². The Morgan fingerprint density at radius 3 is 1.80 bits per heavy atom.